The lowest BCUT2D eigenvalue weighted by molar-refractivity contribution is -0.879. The number of fused-ring (bicyclic) bond motifs is 1. The summed E-state index contributed by atoms with van der Waals surface area (Å²) in [5.74, 6) is -0.340. The summed E-state index contributed by atoms with van der Waals surface area (Å²) in [5.41, 5.74) is 0. The fourth-order valence-corrected chi connectivity index (χ4v) is 3.36. The zero-order chi connectivity index (χ0) is 15.6. The average molecular weight is 296 g/mol. The summed E-state index contributed by atoms with van der Waals surface area (Å²) < 4.78 is 0. The summed E-state index contributed by atoms with van der Waals surface area (Å²) in [6.45, 7) is 4.37. The Morgan fingerprint density at radius 3 is 2.24 bits per heavy atom. The van der Waals surface area contributed by atoms with E-state index in [1.54, 1.807) is 0 Å². The maximum atomic E-state index is 12.3. The third kappa shape index (κ3) is 3.61. The van der Waals surface area contributed by atoms with Gasteiger partial charge in [0.25, 0.3) is 5.91 Å². The SMILES string of the molecule is CC(C)NC(=O)C[NH+](C)CN1C(=O)[C@H]2CCCC[C@H]2C1=O. The van der Waals surface area contributed by atoms with Crippen LogP contribution in [0.5, 0.6) is 0 Å². The molecular weight excluding hydrogens is 270 g/mol. The molecule has 1 aliphatic heterocycles. The summed E-state index contributed by atoms with van der Waals surface area (Å²) in [6, 6.07) is 0.100. The van der Waals surface area contributed by atoms with Crippen molar-refractivity contribution in [2.24, 2.45) is 11.8 Å². The van der Waals surface area contributed by atoms with Crippen molar-refractivity contribution in [3.05, 3.63) is 0 Å². The molecule has 0 bridgehead atoms. The highest BCUT2D eigenvalue weighted by molar-refractivity contribution is 6.05. The molecule has 1 saturated carbocycles. The predicted molar refractivity (Wildman–Crippen MR) is 77.2 cm³/mol. The van der Waals surface area contributed by atoms with Crippen molar-refractivity contribution in [2.75, 3.05) is 20.3 Å². The van der Waals surface area contributed by atoms with E-state index >= 15 is 0 Å². The van der Waals surface area contributed by atoms with E-state index in [4.69, 9.17) is 0 Å². The lowest BCUT2D eigenvalue weighted by Gasteiger charge is -2.20. The van der Waals surface area contributed by atoms with Gasteiger partial charge in [0.15, 0.2) is 13.2 Å². The number of carbonyl (C=O) groups is 3. The summed E-state index contributed by atoms with van der Waals surface area (Å²) in [4.78, 5) is 38.6. The van der Waals surface area contributed by atoms with Gasteiger partial charge in [0.2, 0.25) is 11.8 Å². The number of nitrogens with one attached hydrogen (secondary N) is 2. The molecule has 6 heteroatoms. The van der Waals surface area contributed by atoms with Crippen molar-refractivity contribution in [3.8, 4) is 0 Å². The number of nitrogens with zero attached hydrogens (tertiary/aromatic N) is 1. The van der Waals surface area contributed by atoms with Crippen LogP contribution in [0.3, 0.4) is 0 Å². The molecule has 1 aliphatic carbocycles. The van der Waals surface area contributed by atoms with Gasteiger partial charge in [-0.25, -0.2) is 4.90 Å². The van der Waals surface area contributed by atoms with Crippen LogP contribution in [0.15, 0.2) is 0 Å². The van der Waals surface area contributed by atoms with Crippen LogP contribution in [0.1, 0.15) is 39.5 Å². The fourth-order valence-electron chi connectivity index (χ4n) is 3.36. The van der Waals surface area contributed by atoms with Gasteiger partial charge in [0.05, 0.1) is 18.9 Å². The number of imide groups is 1. The molecule has 1 heterocycles. The molecular formula is C15H26N3O3+. The zero-order valence-corrected chi connectivity index (χ0v) is 13.1. The minimum Gasteiger partial charge on any atom is -0.349 e. The van der Waals surface area contributed by atoms with Crippen LogP contribution in [-0.4, -0.2) is 48.9 Å². The Morgan fingerprint density at radius 1 is 1.24 bits per heavy atom. The van der Waals surface area contributed by atoms with Crippen LogP contribution in [0.25, 0.3) is 0 Å². The summed E-state index contributed by atoms with van der Waals surface area (Å²) >= 11 is 0. The van der Waals surface area contributed by atoms with E-state index in [1.165, 1.54) is 4.90 Å². The van der Waals surface area contributed by atoms with Gasteiger partial charge in [0.1, 0.15) is 0 Å². The lowest BCUT2D eigenvalue weighted by Crippen LogP contribution is -3.12. The number of carbonyl (C=O) groups excluding carboxylic acids is 3. The Labute approximate surface area is 125 Å². The highest BCUT2D eigenvalue weighted by Crippen LogP contribution is 2.37. The molecule has 2 N–H and O–H groups in total. The molecule has 1 unspecified atom stereocenters. The second kappa shape index (κ2) is 6.56. The number of amides is 3. The zero-order valence-electron chi connectivity index (χ0n) is 13.1. The van der Waals surface area contributed by atoms with Gasteiger partial charge >= 0.3 is 0 Å². The highest BCUT2D eigenvalue weighted by Gasteiger charge is 2.49. The Balaban J connectivity index is 1.91. The molecule has 2 aliphatic rings. The topological polar surface area (TPSA) is 70.9 Å². The maximum Gasteiger partial charge on any atom is 0.275 e. The number of hydrogen-bond donors (Lipinski definition) is 2. The lowest BCUT2D eigenvalue weighted by atomic mass is 9.81. The molecule has 2 rings (SSSR count). The molecule has 3 amide bonds. The normalized spacial score (nSPS) is 27.0. The molecule has 0 aromatic heterocycles. The van der Waals surface area contributed by atoms with Crippen LogP contribution in [0, 0.1) is 11.8 Å². The largest absolute Gasteiger partial charge is 0.349 e. The van der Waals surface area contributed by atoms with Gasteiger partial charge in [-0.1, -0.05) is 12.8 Å². The Morgan fingerprint density at radius 2 is 1.76 bits per heavy atom. The number of quaternary nitrogens is 1. The van der Waals surface area contributed by atoms with Gasteiger partial charge in [-0.3, -0.25) is 14.4 Å². The van der Waals surface area contributed by atoms with Crippen LogP contribution in [0.4, 0.5) is 0 Å². The predicted octanol–water partition coefficient (Wildman–Crippen LogP) is -0.842. The highest BCUT2D eigenvalue weighted by atomic mass is 16.2. The molecule has 6 nitrogen and oxygen atoms in total. The first-order valence-corrected chi connectivity index (χ1v) is 7.86. The minimum atomic E-state index is -0.108. The van der Waals surface area contributed by atoms with Gasteiger partial charge < -0.3 is 10.2 Å². The standard InChI is InChI=1S/C15H25N3O3/c1-10(2)16-13(19)8-17(3)9-18-14(20)11-6-4-5-7-12(11)15(18)21/h10-12H,4-9H2,1-3H3,(H,16,19)/p+1/t11-,12+. The van der Waals surface area contributed by atoms with Crippen molar-refractivity contribution < 1.29 is 19.3 Å². The second-order valence-corrected chi connectivity index (χ2v) is 6.62. The van der Waals surface area contributed by atoms with Gasteiger partial charge in [0, 0.05) is 6.04 Å². The molecule has 0 radical (unpaired) electrons. The third-order valence-corrected chi connectivity index (χ3v) is 4.27. The van der Waals surface area contributed by atoms with Crippen molar-refractivity contribution in [1.29, 1.82) is 0 Å². The number of rotatable bonds is 5. The molecule has 0 aromatic carbocycles. The Hall–Kier alpha value is -1.43. The van der Waals surface area contributed by atoms with Crippen molar-refractivity contribution in [2.45, 2.75) is 45.6 Å². The molecule has 118 valence electrons. The summed E-state index contributed by atoms with van der Waals surface area (Å²) in [5, 5.41) is 2.82. The fraction of sp³-hybridized carbons (Fsp3) is 0.800. The monoisotopic (exact) mass is 296 g/mol. The average Bonchev–Trinajstić information content (AvgIpc) is 2.63. The third-order valence-electron chi connectivity index (χ3n) is 4.27. The van der Waals surface area contributed by atoms with E-state index in [0.717, 1.165) is 30.6 Å². The first-order valence-electron chi connectivity index (χ1n) is 7.86. The van der Waals surface area contributed by atoms with E-state index < -0.39 is 0 Å². The van der Waals surface area contributed by atoms with Crippen LogP contribution >= 0.6 is 0 Å². The van der Waals surface area contributed by atoms with Crippen molar-refractivity contribution >= 4 is 17.7 Å². The van der Waals surface area contributed by atoms with E-state index in [-0.39, 0.29) is 48.8 Å². The van der Waals surface area contributed by atoms with E-state index in [2.05, 4.69) is 5.32 Å². The first kappa shape index (κ1) is 15.9. The molecule has 21 heavy (non-hydrogen) atoms. The summed E-state index contributed by atoms with van der Waals surface area (Å²) in [7, 11) is 1.84. The van der Waals surface area contributed by atoms with Crippen LogP contribution < -0.4 is 10.2 Å². The molecule has 0 aromatic rings. The van der Waals surface area contributed by atoms with E-state index in [9.17, 15) is 14.4 Å². The van der Waals surface area contributed by atoms with Gasteiger partial charge in [-0.15, -0.1) is 0 Å². The van der Waals surface area contributed by atoms with Crippen LogP contribution in [-0.2, 0) is 14.4 Å². The molecule has 1 saturated heterocycles. The van der Waals surface area contributed by atoms with Gasteiger partial charge in [-0.05, 0) is 26.7 Å². The van der Waals surface area contributed by atoms with Crippen LogP contribution in [0.2, 0.25) is 0 Å². The first-order chi connectivity index (χ1) is 9.90. The van der Waals surface area contributed by atoms with Crippen molar-refractivity contribution in [3.63, 3.8) is 0 Å². The summed E-state index contributed by atoms with van der Waals surface area (Å²) in [6.07, 6.45) is 3.73. The number of likely N-dealkylation sites (N-methyl/N-ethyl adjacent to an activating group) is 1. The van der Waals surface area contributed by atoms with E-state index in [1.807, 2.05) is 20.9 Å². The minimum absolute atomic E-state index is 0.0340. The Kier molecular flexibility index (Phi) is 4.98. The quantitative estimate of drug-likeness (QED) is 0.650. The van der Waals surface area contributed by atoms with E-state index in [0.29, 0.717) is 0 Å². The smallest absolute Gasteiger partial charge is 0.275 e. The second-order valence-electron chi connectivity index (χ2n) is 6.62. The van der Waals surface area contributed by atoms with Crippen molar-refractivity contribution in [1.82, 2.24) is 10.2 Å². The Bertz CT molecular complexity index is 412. The van der Waals surface area contributed by atoms with Gasteiger partial charge in [-0.2, -0.15) is 0 Å². The number of hydrogen-bond acceptors (Lipinski definition) is 3. The molecule has 2 fully saturated rings. The molecule has 0 spiro atoms. The number of likely N-dealkylation sites (tertiary alicyclic amines) is 1. The molecule has 3 atom stereocenters. The maximum absolute atomic E-state index is 12.3.